The summed E-state index contributed by atoms with van der Waals surface area (Å²) in [5, 5.41) is 9.01. The van der Waals surface area contributed by atoms with Gasteiger partial charge in [0, 0.05) is 11.1 Å². The van der Waals surface area contributed by atoms with Crippen LogP contribution >= 0.6 is 11.6 Å². The number of ether oxygens (including phenoxy) is 2. The van der Waals surface area contributed by atoms with E-state index in [0.29, 0.717) is 17.4 Å². The Bertz CT molecular complexity index is 1200. The summed E-state index contributed by atoms with van der Waals surface area (Å²) in [6, 6.07) is 23.2. The van der Waals surface area contributed by atoms with Gasteiger partial charge in [0.1, 0.15) is 11.5 Å². The Morgan fingerprint density at radius 2 is 1.47 bits per heavy atom. The highest BCUT2D eigenvalue weighted by Gasteiger charge is 2.24. The summed E-state index contributed by atoms with van der Waals surface area (Å²) in [6.07, 6.45) is 1.46. The highest BCUT2D eigenvalue weighted by atomic mass is 35.5. The number of esters is 1. The lowest BCUT2D eigenvalue weighted by Gasteiger charge is -2.05. The highest BCUT2D eigenvalue weighted by Crippen LogP contribution is 2.36. The maximum Gasteiger partial charge on any atom is 0.358 e. The summed E-state index contributed by atoms with van der Waals surface area (Å²) < 4.78 is 10.3. The predicted molar refractivity (Wildman–Crippen MR) is 128 cm³/mol. The average Bonchev–Trinajstić information content (AvgIpc) is 3.15. The van der Waals surface area contributed by atoms with Crippen molar-refractivity contribution in [3.05, 3.63) is 95.6 Å². The Kier molecular flexibility index (Phi) is 6.47. The fraction of sp³-hybridized carbons (Fsp3) is 0.115. The second-order valence-corrected chi connectivity index (χ2v) is 7.37. The molecule has 160 valence electrons. The maximum atomic E-state index is 12.4. The fourth-order valence-corrected chi connectivity index (χ4v) is 3.75. The van der Waals surface area contributed by atoms with E-state index in [2.05, 4.69) is 10.2 Å². The molecule has 0 fully saturated rings. The Balaban J connectivity index is 1.73. The van der Waals surface area contributed by atoms with Crippen LogP contribution in [0.4, 0.5) is 0 Å². The van der Waals surface area contributed by atoms with Crippen molar-refractivity contribution >= 4 is 34.0 Å². The van der Waals surface area contributed by atoms with Crippen molar-refractivity contribution in [2.75, 3.05) is 13.7 Å². The monoisotopic (exact) mass is 444 g/mol. The molecular formula is C26H21ClN2O3. The van der Waals surface area contributed by atoms with Crippen LogP contribution in [0.5, 0.6) is 5.75 Å². The molecule has 1 aliphatic rings. The third-order valence-corrected chi connectivity index (χ3v) is 5.34. The molecule has 3 aromatic carbocycles. The number of rotatable bonds is 6. The van der Waals surface area contributed by atoms with Gasteiger partial charge in [-0.3, -0.25) is 0 Å². The standard InChI is InChI=1S/C26H21ClN2O3/c1-3-32-18-14-12-17(13-15-18)23(27)16-24(26(30)31-2)28-29-25-21-10-6-4-8-19(21)20-9-5-7-11-22(20)25/h4-16H,3H2,1-2H3/b23-16-,28-24-. The highest BCUT2D eigenvalue weighted by molar-refractivity contribution is 6.54. The predicted octanol–water partition coefficient (Wildman–Crippen LogP) is 5.71. The van der Waals surface area contributed by atoms with Gasteiger partial charge in [0.15, 0.2) is 5.71 Å². The number of halogens is 1. The van der Waals surface area contributed by atoms with Crippen molar-refractivity contribution in [3.8, 4) is 16.9 Å². The molecular weight excluding hydrogens is 424 g/mol. The van der Waals surface area contributed by atoms with E-state index in [0.717, 1.165) is 33.6 Å². The lowest BCUT2D eigenvalue weighted by Crippen LogP contribution is -2.13. The molecule has 0 amide bonds. The van der Waals surface area contributed by atoms with Crippen LogP contribution in [0.3, 0.4) is 0 Å². The molecule has 0 saturated heterocycles. The topological polar surface area (TPSA) is 60.2 Å². The fourth-order valence-electron chi connectivity index (χ4n) is 3.52. The van der Waals surface area contributed by atoms with E-state index in [1.807, 2.05) is 79.7 Å². The zero-order chi connectivity index (χ0) is 22.5. The lowest BCUT2D eigenvalue weighted by molar-refractivity contribution is -0.132. The van der Waals surface area contributed by atoms with E-state index in [1.165, 1.54) is 13.2 Å². The number of carbonyl (C=O) groups is 1. The average molecular weight is 445 g/mol. The molecule has 3 aromatic rings. The van der Waals surface area contributed by atoms with E-state index >= 15 is 0 Å². The summed E-state index contributed by atoms with van der Waals surface area (Å²) in [6.45, 7) is 2.50. The van der Waals surface area contributed by atoms with Crippen molar-refractivity contribution in [2.45, 2.75) is 6.92 Å². The third-order valence-electron chi connectivity index (χ3n) is 5.01. The maximum absolute atomic E-state index is 12.4. The zero-order valence-corrected chi connectivity index (χ0v) is 18.5. The van der Waals surface area contributed by atoms with Crippen molar-refractivity contribution in [2.24, 2.45) is 10.2 Å². The molecule has 1 aliphatic carbocycles. The first kappa shape index (κ1) is 21.5. The van der Waals surface area contributed by atoms with Gasteiger partial charge in [0.2, 0.25) is 0 Å². The first-order chi connectivity index (χ1) is 15.6. The summed E-state index contributed by atoms with van der Waals surface area (Å²) in [7, 11) is 1.30. The number of hydrogen-bond acceptors (Lipinski definition) is 5. The van der Waals surface area contributed by atoms with Gasteiger partial charge in [-0.1, -0.05) is 60.1 Å². The number of benzene rings is 3. The van der Waals surface area contributed by atoms with Crippen LogP contribution < -0.4 is 4.74 Å². The largest absolute Gasteiger partial charge is 0.494 e. The van der Waals surface area contributed by atoms with E-state index in [9.17, 15) is 4.79 Å². The minimum absolute atomic E-state index is 0.000692. The van der Waals surface area contributed by atoms with Crippen molar-refractivity contribution in [1.82, 2.24) is 0 Å². The van der Waals surface area contributed by atoms with Crippen LogP contribution in [0, 0.1) is 0 Å². The number of fused-ring (bicyclic) bond motifs is 3. The Morgan fingerprint density at radius 3 is 2.00 bits per heavy atom. The van der Waals surface area contributed by atoms with Crippen LogP contribution in [0.2, 0.25) is 0 Å². The van der Waals surface area contributed by atoms with Crippen LogP contribution in [0.15, 0.2) is 89.1 Å². The minimum Gasteiger partial charge on any atom is -0.494 e. The number of nitrogens with zero attached hydrogens (tertiary/aromatic N) is 2. The van der Waals surface area contributed by atoms with Crippen LogP contribution in [0.25, 0.3) is 16.2 Å². The van der Waals surface area contributed by atoms with Gasteiger partial charge in [-0.25, -0.2) is 4.79 Å². The number of hydrogen-bond donors (Lipinski definition) is 0. The van der Waals surface area contributed by atoms with E-state index in [4.69, 9.17) is 21.1 Å². The number of methoxy groups -OCH3 is 1. The van der Waals surface area contributed by atoms with Gasteiger partial charge in [-0.15, -0.1) is 10.2 Å². The first-order valence-corrected chi connectivity index (χ1v) is 10.5. The molecule has 0 aromatic heterocycles. The van der Waals surface area contributed by atoms with Gasteiger partial charge in [0.05, 0.1) is 18.7 Å². The molecule has 0 saturated carbocycles. The molecule has 0 unspecified atom stereocenters. The minimum atomic E-state index is -0.627. The van der Waals surface area contributed by atoms with E-state index < -0.39 is 5.97 Å². The van der Waals surface area contributed by atoms with Crippen molar-refractivity contribution in [3.63, 3.8) is 0 Å². The van der Waals surface area contributed by atoms with Crippen molar-refractivity contribution < 1.29 is 14.3 Å². The summed E-state index contributed by atoms with van der Waals surface area (Å²) in [5.41, 5.74) is 5.51. The first-order valence-electron chi connectivity index (χ1n) is 10.2. The molecule has 6 heteroatoms. The van der Waals surface area contributed by atoms with Gasteiger partial charge in [-0.05, 0) is 54.0 Å². The van der Waals surface area contributed by atoms with Crippen LogP contribution in [0.1, 0.15) is 23.6 Å². The molecule has 0 bridgehead atoms. The SMILES string of the molecule is CCOc1ccc(/C(Cl)=C/C(=N/N=C2c3ccccc3-c3ccccc32)C(=O)OC)cc1. The Labute approximate surface area is 191 Å². The van der Waals surface area contributed by atoms with E-state index in [-0.39, 0.29) is 5.71 Å². The zero-order valence-electron chi connectivity index (χ0n) is 17.7. The quantitative estimate of drug-likeness (QED) is 0.217. The summed E-state index contributed by atoms with van der Waals surface area (Å²) in [5.74, 6) is 0.116. The summed E-state index contributed by atoms with van der Waals surface area (Å²) >= 11 is 6.47. The Hall–Kier alpha value is -3.70. The number of carbonyl (C=O) groups excluding carboxylic acids is 1. The lowest BCUT2D eigenvalue weighted by atomic mass is 10.1. The summed E-state index contributed by atoms with van der Waals surface area (Å²) in [4.78, 5) is 12.4. The van der Waals surface area contributed by atoms with Crippen molar-refractivity contribution in [1.29, 1.82) is 0 Å². The third kappa shape index (κ3) is 4.34. The van der Waals surface area contributed by atoms with Gasteiger partial charge < -0.3 is 9.47 Å². The molecule has 4 rings (SSSR count). The van der Waals surface area contributed by atoms with Gasteiger partial charge in [-0.2, -0.15) is 0 Å². The molecule has 32 heavy (non-hydrogen) atoms. The van der Waals surface area contributed by atoms with Crippen LogP contribution in [-0.4, -0.2) is 31.1 Å². The van der Waals surface area contributed by atoms with Gasteiger partial charge in [0.25, 0.3) is 0 Å². The molecule has 0 spiro atoms. The Morgan fingerprint density at radius 1 is 0.906 bits per heavy atom. The molecule has 5 nitrogen and oxygen atoms in total. The second-order valence-electron chi connectivity index (χ2n) is 6.97. The van der Waals surface area contributed by atoms with E-state index in [1.54, 1.807) is 0 Å². The molecule has 0 N–H and O–H groups in total. The molecule has 0 aliphatic heterocycles. The smallest absolute Gasteiger partial charge is 0.358 e. The normalized spacial score (nSPS) is 12.8. The molecule has 0 radical (unpaired) electrons. The van der Waals surface area contributed by atoms with Crippen LogP contribution in [-0.2, 0) is 9.53 Å². The molecule has 0 heterocycles. The second kappa shape index (κ2) is 9.62. The molecule has 0 atom stereocenters. The van der Waals surface area contributed by atoms with Gasteiger partial charge >= 0.3 is 5.97 Å².